The van der Waals surface area contributed by atoms with Crippen molar-refractivity contribution < 1.29 is 14.6 Å². The lowest BCUT2D eigenvalue weighted by Gasteiger charge is -2.17. The van der Waals surface area contributed by atoms with Gasteiger partial charge in [-0.2, -0.15) is 0 Å². The molecule has 0 amide bonds. The van der Waals surface area contributed by atoms with Gasteiger partial charge in [0.1, 0.15) is 22.6 Å². The van der Waals surface area contributed by atoms with Crippen LogP contribution < -0.4 is 20.1 Å². The van der Waals surface area contributed by atoms with Gasteiger partial charge in [0, 0.05) is 18.3 Å². The number of aliphatic hydroxyl groups is 1. The van der Waals surface area contributed by atoms with Crippen molar-refractivity contribution in [3.05, 3.63) is 40.1 Å². The lowest BCUT2D eigenvalue weighted by Crippen LogP contribution is -2.19. The minimum atomic E-state index is -0.248. The number of methoxy groups -OCH3 is 2. The average Bonchev–Trinajstić information content (AvgIpc) is 3.22. The molecule has 0 saturated heterocycles. The zero-order valence-corrected chi connectivity index (χ0v) is 19.9. The quantitative estimate of drug-likeness (QED) is 0.428. The van der Waals surface area contributed by atoms with Gasteiger partial charge in [0.25, 0.3) is 0 Å². The number of hydrogen-bond donors (Lipinski definition) is 3. The van der Waals surface area contributed by atoms with E-state index in [4.69, 9.17) is 19.4 Å². The van der Waals surface area contributed by atoms with Crippen LogP contribution in [0.15, 0.2) is 16.7 Å². The number of pyridine rings is 1. The minimum Gasteiger partial charge on any atom is -0.496 e. The highest BCUT2D eigenvalue weighted by molar-refractivity contribution is 9.10. The maximum atomic E-state index is 9.86. The largest absolute Gasteiger partial charge is 0.496 e. The first kappa shape index (κ1) is 22.4. The molecule has 0 spiro atoms. The summed E-state index contributed by atoms with van der Waals surface area (Å²) in [6.07, 6.45) is 4.65. The topological polar surface area (TPSA) is 101 Å². The number of aryl methyl sites for hydroxylation is 1. The van der Waals surface area contributed by atoms with E-state index in [1.165, 1.54) is 0 Å². The third-order valence-corrected chi connectivity index (χ3v) is 6.16. The van der Waals surface area contributed by atoms with Crippen LogP contribution in [-0.2, 0) is 13.0 Å². The molecule has 8 nitrogen and oxygen atoms in total. The highest BCUT2D eigenvalue weighted by Gasteiger charge is 2.24. The third kappa shape index (κ3) is 4.66. The normalized spacial score (nSPS) is 17.8. The number of nitrogens with zero attached hydrogens (tertiary/aromatic N) is 3. The van der Waals surface area contributed by atoms with Crippen LogP contribution in [0.2, 0.25) is 0 Å². The number of aliphatic hydroxyl groups excluding tert-OH is 1. The number of ether oxygens (including phenoxy) is 2. The van der Waals surface area contributed by atoms with E-state index in [9.17, 15) is 5.11 Å². The number of rotatable bonds is 8. The summed E-state index contributed by atoms with van der Waals surface area (Å²) < 4.78 is 11.4. The van der Waals surface area contributed by atoms with E-state index >= 15 is 0 Å². The first-order chi connectivity index (χ1) is 15.5. The maximum absolute atomic E-state index is 9.86. The molecule has 0 radical (unpaired) electrons. The van der Waals surface area contributed by atoms with Crippen molar-refractivity contribution in [1.29, 1.82) is 0 Å². The maximum Gasteiger partial charge on any atom is 0.173 e. The van der Waals surface area contributed by atoms with Crippen molar-refractivity contribution in [1.82, 2.24) is 15.0 Å². The van der Waals surface area contributed by atoms with Crippen molar-refractivity contribution in [3.63, 3.8) is 0 Å². The minimum absolute atomic E-state index is 0.203. The summed E-state index contributed by atoms with van der Waals surface area (Å²) >= 11 is 3.56. The molecule has 3 N–H and O–H groups in total. The zero-order valence-electron chi connectivity index (χ0n) is 18.3. The molecule has 32 heavy (non-hydrogen) atoms. The van der Waals surface area contributed by atoms with Crippen LogP contribution in [0.4, 0.5) is 11.6 Å². The second-order valence-electron chi connectivity index (χ2n) is 7.70. The Morgan fingerprint density at radius 3 is 2.69 bits per heavy atom. The van der Waals surface area contributed by atoms with Crippen molar-refractivity contribution in [2.45, 2.75) is 51.3 Å². The third-order valence-electron chi connectivity index (χ3n) is 5.57. The van der Waals surface area contributed by atoms with Crippen molar-refractivity contribution in [2.75, 3.05) is 24.9 Å². The van der Waals surface area contributed by atoms with E-state index in [0.29, 0.717) is 29.4 Å². The molecule has 0 aliphatic heterocycles. The monoisotopic (exact) mass is 499 g/mol. The molecule has 9 heteroatoms. The number of anilines is 2. The lowest BCUT2D eigenvalue weighted by atomic mass is 10.2. The molecule has 0 unspecified atom stereocenters. The average molecular weight is 500 g/mol. The molecule has 1 aromatic carbocycles. The van der Waals surface area contributed by atoms with Crippen molar-refractivity contribution in [2.24, 2.45) is 0 Å². The Hall–Kier alpha value is -2.83. The Morgan fingerprint density at radius 2 is 2.00 bits per heavy atom. The van der Waals surface area contributed by atoms with Gasteiger partial charge >= 0.3 is 0 Å². The summed E-state index contributed by atoms with van der Waals surface area (Å²) in [6.45, 7) is 2.48. The summed E-state index contributed by atoms with van der Waals surface area (Å²) in [6, 6.07) is 8.00. The Bertz CT molecular complexity index is 1110. The van der Waals surface area contributed by atoms with Crippen LogP contribution in [0.1, 0.15) is 37.4 Å². The second kappa shape index (κ2) is 9.76. The van der Waals surface area contributed by atoms with Crippen LogP contribution in [0.3, 0.4) is 0 Å². The zero-order chi connectivity index (χ0) is 22.7. The first-order valence-electron chi connectivity index (χ1n) is 10.6. The molecule has 3 aromatic rings. The SMILES string of the molecule is CCc1nc2c(NCc3c#cc(OC)cc3OC)ncc(Br)c2nc1N[C@@H]1CC[C@H](O)C1. The van der Waals surface area contributed by atoms with Gasteiger partial charge in [-0.25, -0.2) is 15.0 Å². The number of aromatic nitrogens is 3. The summed E-state index contributed by atoms with van der Waals surface area (Å²) in [5.41, 5.74) is 3.07. The standard InChI is InChI=1S/C23H26BrN5O3/c1-4-18-22(27-14-6-7-15(30)9-14)29-20-17(24)12-26-23(21(20)28-18)25-11-13-5-8-16(31-2)10-19(13)32-3/h10,12,14-15,30H,4,6-7,9,11H2,1-3H3,(H,25,26)(H,27,29)/t14-,15+/m1/s1. The molecule has 2 aromatic heterocycles. The molecule has 1 aliphatic rings. The molecule has 1 fully saturated rings. The molecule has 4 rings (SSSR count). The number of fused-ring (bicyclic) bond motifs is 1. The molecule has 2 heterocycles. The fraction of sp³-hybridized carbons (Fsp3) is 0.435. The molecule has 0 bridgehead atoms. The highest BCUT2D eigenvalue weighted by atomic mass is 79.9. The summed E-state index contributed by atoms with van der Waals surface area (Å²) in [5, 5.41) is 16.7. The number of halogens is 1. The van der Waals surface area contributed by atoms with Gasteiger partial charge in [0.05, 0.1) is 42.6 Å². The van der Waals surface area contributed by atoms with E-state index in [1.54, 1.807) is 26.5 Å². The van der Waals surface area contributed by atoms with Gasteiger partial charge < -0.3 is 25.2 Å². The Labute approximate surface area is 195 Å². The molecule has 1 aliphatic carbocycles. The van der Waals surface area contributed by atoms with E-state index in [1.807, 2.05) is 0 Å². The van der Waals surface area contributed by atoms with E-state index < -0.39 is 0 Å². The molecular weight excluding hydrogens is 474 g/mol. The summed E-state index contributed by atoms with van der Waals surface area (Å²) in [7, 11) is 3.19. The molecule has 2 atom stereocenters. The van der Waals surface area contributed by atoms with Crippen molar-refractivity contribution >= 4 is 38.6 Å². The van der Waals surface area contributed by atoms with Crippen LogP contribution in [0.5, 0.6) is 11.5 Å². The first-order valence-corrected chi connectivity index (χ1v) is 11.4. The molecule has 168 valence electrons. The van der Waals surface area contributed by atoms with Gasteiger partial charge in [0.2, 0.25) is 0 Å². The Morgan fingerprint density at radius 1 is 1.16 bits per heavy atom. The predicted octanol–water partition coefficient (Wildman–Crippen LogP) is 3.90. The van der Waals surface area contributed by atoms with Crippen LogP contribution >= 0.6 is 15.9 Å². The predicted molar refractivity (Wildman–Crippen MR) is 126 cm³/mol. The van der Waals surface area contributed by atoms with Crippen LogP contribution in [-0.4, -0.2) is 46.4 Å². The van der Waals surface area contributed by atoms with Crippen LogP contribution in [0, 0.1) is 12.1 Å². The fourth-order valence-corrected chi connectivity index (χ4v) is 4.23. The smallest absolute Gasteiger partial charge is 0.173 e. The van der Waals surface area contributed by atoms with Crippen molar-refractivity contribution in [3.8, 4) is 11.5 Å². The number of nitrogens with one attached hydrogen (secondary N) is 2. The molecule has 1 saturated carbocycles. The fourth-order valence-electron chi connectivity index (χ4n) is 3.86. The second-order valence-corrected chi connectivity index (χ2v) is 8.55. The van der Waals surface area contributed by atoms with Gasteiger partial charge in [0.15, 0.2) is 11.6 Å². The van der Waals surface area contributed by atoms with E-state index in [2.05, 4.69) is 50.6 Å². The summed E-state index contributed by atoms with van der Waals surface area (Å²) in [4.78, 5) is 14.3. The Balaban J connectivity index is 1.63. The highest BCUT2D eigenvalue weighted by Crippen LogP contribution is 2.31. The molecular formula is C23H26BrN5O3. The van der Waals surface area contributed by atoms with E-state index in [0.717, 1.165) is 52.7 Å². The van der Waals surface area contributed by atoms with Gasteiger partial charge in [-0.1, -0.05) is 13.0 Å². The Kier molecular flexibility index (Phi) is 6.82. The lowest BCUT2D eigenvalue weighted by molar-refractivity contribution is 0.182. The van der Waals surface area contributed by atoms with Gasteiger partial charge in [-0.05, 0) is 47.7 Å². The van der Waals surface area contributed by atoms with E-state index in [-0.39, 0.29) is 12.1 Å². The van der Waals surface area contributed by atoms with Gasteiger partial charge in [-0.15, -0.1) is 0 Å². The van der Waals surface area contributed by atoms with Crippen LogP contribution in [0.25, 0.3) is 11.0 Å². The van der Waals surface area contributed by atoms with Gasteiger partial charge in [-0.3, -0.25) is 0 Å². The number of hydrogen-bond acceptors (Lipinski definition) is 8. The summed E-state index contributed by atoms with van der Waals surface area (Å²) in [5.74, 6) is 2.60.